The number of nitrogens with one attached hydrogen (secondary N) is 1. The van der Waals surface area contributed by atoms with Crippen LogP contribution in [0.3, 0.4) is 0 Å². The number of halogens is 2. The summed E-state index contributed by atoms with van der Waals surface area (Å²) in [7, 11) is 0. The van der Waals surface area contributed by atoms with E-state index in [0.29, 0.717) is 19.5 Å². The fourth-order valence-corrected chi connectivity index (χ4v) is 4.00. The van der Waals surface area contributed by atoms with Gasteiger partial charge in [0.25, 0.3) is 0 Å². The Labute approximate surface area is 159 Å². The number of amides is 1. The molecule has 3 rings (SSSR count). The van der Waals surface area contributed by atoms with Crippen LogP contribution in [0, 0.1) is 0 Å². The Balaban J connectivity index is 1.30. The van der Waals surface area contributed by atoms with Gasteiger partial charge in [0.2, 0.25) is 5.91 Å². The maximum atomic E-state index is 12.1. The molecule has 2 aliphatic rings. The standard InChI is InChI=1S/C20H29F2N3O2/c21-20(22)27-18-7-5-16(6-8-18)9-10-23-19(26)15-24-11-13-25(14-12-24)17-3-1-2-4-17/h5-8,17,20H,1-4,9-15H2,(H,23,26). The number of carbonyl (C=O) groups excluding carboxylic acids is 1. The number of hydrogen-bond acceptors (Lipinski definition) is 4. The smallest absolute Gasteiger partial charge is 0.387 e. The van der Waals surface area contributed by atoms with Gasteiger partial charge in [-0.2, -0.15) is 8.78 Å². The zero-order chi connectivity index (χ0) is 19.1. The lowest BCUT2D eigenvalue weighted by molar-refractivity contribution is -0.122. The summed E-state index contributed by atoms with van der Waals surface area (Å²) >= 11 is 0. The van der Waals surface area contributed by atoms with Gasteiger partial charge in [-0.1, -0.05) is 25.0 Å². The van der Waals surface area contributed by atoms with E-state index in [9.17, 15) is 13.6 Å². The topological polar surface area (TPSA) is 44.8 Å². The zero-order valence-corrected chi connectivity index (χ0v) is 15.7. The van der Waals surface area contributed by atoms with Crippen LogP contribution in [-0.4, -0.2) is 67.6 Å². The summed E-state index contributed by atoms with van der Waals surface area (Å²) in [4.78, 5) is 17.0. The van der Waals surface area contributed by atoms with E-state index in [1.165, 1.54) is 37.8 Å². The van der Waals surface area contributed by atoms with Crippen LogP contribution in [0.1, 0.15) is 31.2 Å². The molecule has 1 aliphatic carbocycles. The maximum Gasteiger partial charge on any atom is 0.387 e. The van der Waals surface area contributed by atoms with Gasteiger partial charge >= 0.3 is 6.61 Å². The van der Waals surface area contributed by atoms with Gasteiger partial charge in [-0.15, -0.1) is 0 Å². The predicted octanol–water partition coefficient (Wildman–Crippen LogP) is 2.51. The molecule has 1 N–H and O–H groups in total. The van der Waals surface area contributed by atoms with Gasteiger partial charge in [0.1, 0.15) is 5.75 Å². The number of nitrogens with zero attached hydrogens (tertiary/aromatic N) is 2. The van der Waals surface area contributed by atoms with Gasteiger partial charge in [0.15, 0.2) is 0 Å². The second kappa shape index (κ2) is 9.99. The van der Waals surface area contributed by atoms with Gasteiger partial charge in [0, 0.05) is 38.8 Å². The zero-order valence-electron chi connectivity index (χ0n) is 15.7. The summed E-state index contributed by atoms with van der Waals surface area (Å²) in [6.45, 7) is 2.20. The molecule has 0 radical (unpaired) electrons. The number of hydrogen-bond donors (Lipinski definition) is 1. The normalized spacial score (nSPS) is 19.5. The van der Waals surface area contributed by atoms with Gasteiger partial charge < -0.3 is 10.1 Å². The van der Waals surface area contributed by atoms with Crippen molar-refractivity contribution >= 4 is 5.91 Å². The van der Waals surface area contributed by atoms with Crippen LogP contribution in [-0.2, 0) is 11.2 Å². The number of benzene rings is 1. The van der Waals surface area contributed by atoms with E-state index in [2.05, 4.69) is 19.9 Å². The first kappa shape index (κ1) is 20.0. The summed E-state index contributed by atoms with van der Waals surface area (Å²) < 4.78 is 28.6. The van der Waals surface area contributed by atoms with Gasteiger partial charge in [-0.25, -0.2) is 0 Å². The van der Waals surface area contributed by atoms with Crippen molar-refractivity contribution in [2.45, 2.75) is 44.8 Å². The molecule has 1 aliphatic heterocycles. The van der Waals surface area contributed by atoms with E-state index in [1.54, 1.807) is 12.1 Å². The second-order valence-corrected chi connectivity index (χ2v) is 7.37. The molecule has 1 heterocycles. The van der Waals surface area contributed by atoms with Crippen LogP contribution in [0.4, 0.5) is 8.78 Å². The summed E-state index contributed by atoms with van der Waals surface area (Å²) in [5.74, 6) is 0.191. The summed E-state index contributed by atoms with van der Waals surface area (Å²) in [6.07, 6.45) is 6.03. The highest BCUT2D eigenvalue weighted by atomic mass is 19.3. The Morgan fingerprint density at radius 3 is 2.41 bits per heavy atom. The lowest BCUT2D eigenvalue weighted by Crippen LogP contribution is -2.51. The molecule has 1 aromatic rings. The van der Waals surface area contributed by atoms with Crippen molar-refractivity contribution in [1.29, 1.82) is 0 Å². The molecule has 1 saturated heterocycles. The van der Waals surface area contributed by atoms with Gasteiger partial charge in [0.05, 0.1) is 6.54 Å². The van der Waals surface area contributed by atoms with Crippen molar-refractivity contribution in [1.82, 2.24) is 15.1 Å². The minimum Gasteiger partial charge on any atom is -0.435 e. The average molecular weight is 381 g/mol. The quantitative estimate of drug-likeness (QED) is 0.752. The lowest BCUT2D eigenvalue weighted by atomic mass is 10.1. The molecular formula is C20H29F2N3O2. The summed E-state index contributed by atoms with van der Waals surface area (Å²) in [5.41, 5.74) is 0.974. The first-order valence-electron chi connectivity index (χ1n) is 9.87. The summed E-state index contributed by atoms with van der Waals surface area (Å²) in [6, 6.07) is 7.29. The van der Waals surface area contributed by atoms with Gasteiger partial charge in [-0.05, 0) is 37.0 Å². The molecule has 27 heavy (non-hydrogen) atoms. The first-order chi connectivity index (χ1) is 13.1. The average Bonchev–Trinajstić information content (AvgIpc) is 3.18. The molecule has 0 bridgehead atoms. The number of carbonyl (C=O) groups is 1. The molecule has 150 valence electrons. The molecule has 5 nitrogen and oxygen atoms in total. The van der Waals surface area contributed by atoms with Crippen LogP contribution in [0.5, 0.6) is 5.75 Å². The molecule has 0 aromatic heterocycles. The van der Waals surface area contributed by atoms with Crippen molar-refractivity contribution < 1.29 is 18.3 Å². The number of alkyl halides is 2. The second-order valence-electron chi connectivity index (χ2n) is 7.37. The van der Waals surface area contributed by atoms with Crippen molar-refractivity contribution in [3.63, 3.8) is 0 Å². The Bertz CT molecular complexity index is 583. The Kier molecular flexibility index (Phi) is 7.41. The van der Waals surface area contributed by atoms with E-state index in [-0.39, 0.29) is 11.7 Å². The molecule has 1 saturated carbocycles. The van der Waals surface area contributed by atoms with Crippen LogP contribution in [0.2, 0.25) is 0 Å². The van der Waals surface area contributed by atoms with Crippen molar-refractivity contribution in [2.24, 2.45) is 0 Å². The number of piperazine rings is 1. The molecule has 0 atom stereocenters. The van der Waals surface area contributed by atoms with Crippen molar-refractivity contribution in [2.75, 3.05) is 39.3 Å². The highest BCUT2D eigenvalue weighted by molar-refractivity contribution is 5.78. The van der Waals surface area contributed by atoms with E-state index >= 15 is 0 Å². The Morgan fingerprint density at radius 2 is 1.78 bits per heavy atom. The van der Waals surface area contributed by atoms with Gasteiger partial charge in [-0.3, -0.25) is 14.6 Å². The van der Waals surface area contributed by atoms with Crippen LogP contribution < -0.4 is 10.1 Å². The molecule has 1 aromatic carbocycles. The third-order valence-electron chi connectivity index (χ3n) is 5.50. The third kappa shape index (κ3) is 6.43. The minimum absolute atomic E-state index is 0.0435. The van der Waals surface area contributed by atoms with E-state index in [1.807, 2.05) is 0 Å². The molecule has 7 heteroatoms. The lowest BCUT2D eigenvalue weighted by Gasteiger charge is -2.37. The van der Waals surface area contributed by atoms with Crippen LogP contribution >= 0.6 is 0 Å². The highest BCUT2D eigenvalue weighted by Crippen LogP contribution is 2.24. The third-order valence-corrected chi connectivity index (χ3v) is 5.50. The van der Waals surface area contributed by atoms with Crippen molar-refractivity contribution in [3.8, 4) is 5.75 Å². The van der Waals surface area contributed by atoms with Crippen LogP contribution in [0.25, 0.3) is 0 Å². The maximum absolute atomic E-state index is 12.1. The number of ether oxygens (including phenoxy) is 1. The number of rotatable bonds is 8. The molecule has 2 fully saturated rings. The van der Waals surface area contributed by atoms with Crippen LogP contribution in [0.15, 0.2) is 24.3 Å². The Morgan fingerprint density at radius 1 is 1.11 bits per heavy atom. The molecule has 0 unspecified atom stereocenters. The van der Waals surface area contributed by atoms with E-state index in [4.69, 9.17) is 0 Å². The Hall–Kier alpha value is -1.73. The highest BCUT2D eigenvalue weighted by Gasteiger charge is 2.26. The summed E-state index contributed by atoms with van der Waals surface area (Å²) in [5, 5.41) is 2.95. The first-order valence-corrected chi connectivity index (χ1v) is 9.87. The molecule has 1 amide bonds. The van der Waals surface area contributed by atoms with E-state index < -0.39 is 6.61 Å². The van der Waals surface area contributed by atoms with Crippen molar-refractivity contribution in [3.05, 3.63) is 29.8 Å². The monoisotopic (exact) mass is 381 g/mol. The fourth-order valence-electron chi connectivity index (χ4n) is 4.00. The largest absolute Gasteiger partial charge is 0.435 e. The SMILES string of the molecule is O=C(CN1CCN(C2CCCC2)CC1)NCCc1ccc(OC(F)F)cc1. The van der Waals surface area contributed by atoms with E-state index in [0.717, 1.165) is 37.8 Å². The predicted molar refractivity (Wildman–Crippen MR) is 100 cm³/mol. The minimum atomic E-state index is -2.81. The molecular weight excluding hydrogens is 352 g/mol. The fraction of sp³-hybridized carbons (Fsp3) is 0.650. The molecule has 0 spiro atoms.